The predicted octanol–water partition coefficient (Wildman–Crippen LogP) is 2.97. The average Bonchev–Trinajstić information content (AvgIpc) is 2.74. The second-order valence-corrected chi connectivity index (χ2v) is 5.52. The summed E-state index contributed by atoms with van der Waals surface area (Å²) >= 11 is 1.50. The van der Waals surface area contributed by atoms with E-state index in [1.165, 1.54) is 35.3 Å². The highest BCUT2D eigenvalue weighted by Gasteiger charge is 2.25. The van der Waals surface area contributed by atoms with Gasteiger partial charge in [-0.3, -0.25) is 5.01 Å². The topological polar surface area (TPSA) is 54.3 Å². The lowest BCUT2D eigenvalue weighted by molar-refractivity contribution is 0.0607. The molecule has 5 nitrogen and oxygen atoms in total. The number of hydrogen-bond acceptors (Lipinski definition) is 5. The second-order valence-electron chi connectivity index (χ2n) is 4.42. The third-order valence-corrected chi connectivity index (χ3v) is 4.10. The largest absolute Gasteiger partial charge is 0.465 e. The summed E-state index contributed by atoms with van der Waals surface area (Å²) in [5, 5.41) is 9.84. The van der Waals surface area contributed by atoms with Crippen LogP contribution >= 0.6 is 11.3 Å². The third kappa shape index (κ3) is 2.53. The molecular weight excluding hydrogens is 250 g/mol. The molecule has 0 spiro atoms. The molecular formula is C12H17N3O2S. The highest BCUT2D eigenvalue weighted by Crippen LogP contribution is 2.40. The van der Waals surface area contributed by atoms with Crippen LogP contribution in [0.2, 0.25) is 0 Å². The Balaban J connectivity index is 2.45. The van der Waals surface area contributed by atoms with Crippen molar-refractivity contribution < 1.29 is 9.53 Å². The lowest BCUT2D eigenvalue weighted by Crippen LogP contribution is -2.02. The second kappa shape index (κ2) is 5.48. The molecule has 0 aliphatic heterocycles. The Morgan fingerprint density at radius 1 is 1.33 bits per heavy atom. The van der Waals surface area contributed by atoms with E-state index in [2.05, 4.69) is 10.3 Å². The average molecular weight is 267 g/mol. The van der Waals surface area contributed by atoms with Crippen LogP contribution in [0.1, 0.15) is 33.0 Å². The number of nitrogens with zero attached hydrogens (tertiary/aromatic N) is 3. The van der Waals surface area contributed by atoms with Gasteiger partial charge in [-0.25, -0.2) is 4.79 Å². The Morgan fingerprint density at radius 3 is 2.72 bits per heavy atom. The van der Waals surface area contributed by atoms with Crippen LogP contribution in [0.3, 0.4) is 0 Å². The molecule has 0 unspecified atom stereocenters. The van der Waals surface area contributed by atoms with E-state index in [4.69, 9.17) is 4.74 Å². The molecule has 0 N–H and O–H groups in total. The van der Waals surface area contributed by atoms with Crippen molar-refractivity contribution in [1.82, 2.24) is 5.01 Å². The maximum atomic E-state index is 11.8. The maximum absolute atomic E-state index is 11.8. The van der Waals surface area contributed by atoms with Crippen molar-refractivity contribution in [2.75, 3.05) is 21.2 Å². The van der Waals surface area contributed by atoms with Gasteiger partial charge in [-0.05, 0) is 31.2 Å². The van der Waals surface area contributed by atoms with Gasteiger partial charge in [-0.1, -0.05) is 5.22 Å². The fourth-order valence-electron chi connectivity index (χ4n) is 2.02. The number of carbonyl (C=O) groups is 1. The fraction of sp³-hybridized carbons (Fsp3) is 0.583. The summed E-state index contributed by atoms with van der Waals surface area (Å²) in [5.74, 6) is -0.317. The Kier molecular flexibility index (Phi) is 3.96. The van der Waals surface area contributed by atoms with E-state index in [1.807, 2.05) is 0 Å². The van der Waals surface area contributed by atoms with E-state index in [0.717, 1.165) is 19.3 Å². The van der Waals surface area contributed by atoms with Crippen molar-refractivity contribution in [3.8, 4) is 0 Å². The molecule has 1 aliphatic carbocycles. The van der Waals surface area contributed by atoms with Gasteiger partial charge in [-0.2, -0.15) is 0 Å². The standard InChI is InChI=1S/C12H17N3O2S/c1-15(2)14-13-10-8-6-4-5-7-9(8)18-11(10)12(16)17-3/h4-7H2,1-3H3. The van der Waals surface area contributed by atoms with Gasteiger partial charge in [0.05, 0.1) is 7.11 Å². The zero-order chi connectivity index (χ0) is 13.1. The molecule has 1 heterocycles. The number of aryl methyl sites for hydroxylation is 1. The number of thiophene rings is 1. The quantitative estimate of drug-likeness (QED) is 0.480. The molecule has 0 bridgehead atoms. The summed E-state index contributed by atoms with van der Waals surface area (Å²) in [5.41, 5.74) is 1.88. The normalized spacial score (nSPS) is 14.6. The molecule has 1 aromatic heterocycles. The highest BCUT2D eigenvalue weighted by atomic mass is 32.1. The first-order chi connectivity index (χ1) is 8.63. The summed E-state index contributed by atoms with van der Waals surface area (Å²) in [6.45, 7) is 0. The van der Waals surface area contributed by atoms with Crippen LogP contribution in [0.4, 0.5) is 5.69 Å². The summed E-state index contributed by atoms with van der Waals surface area (Å²) in [6.07, 6.45) is 4.33. The number of fused-ring (bicyclic) bond motifs is 1. The third-order valence-electron chi connectivity index (χ3n) is 2.84. The number of esters is 1. The van der Waals surface area contributed by atoms with Gasteiger partial charge in [0, 0.05) is 19.0 Å². The summed E-state index contributed by atoms with van der Waals surface area (Å²) in [6, 6.07) is 0. The molecule has 98 valence electrons. The minimum absolute atomic E-state index is 0.317. The number of carbonyl (C=O) groups excluding carboxylic acids is 1. The van der Waals surface area contributed by atoms with Crippen molar-refractivity contribution in [2.45, 2.75) is 25.7 Å². The molecule has 1 aliphatic rings. The van der Waals surface area contributed by atoms with E-state index in [1.54, 1.807) is 19.1 Å². The van der Waals surface area contributed by atoms with Crippen molar-refractivity contribution in [3.63, 3.8) is 0 Å². The number of methoxy groups -OCH3 is 1. The van der Waals surface area contributed by atoms with Crippen LogP contribution in [-0.2, 0) is 17.6 Å². The van der Waals surface area contributed by atoms with Crippen LogP contribution < -0.4 is 0 Å². The van der Waals surface area contributed by atoms with Crippen molar-refractivity contribution in [1.29, 1.82) is 0 Å². The number of rotatable bonds is 3. The molecule has 0 fully saturated rings. The van der Waals surface area contributed by atoms with Gasteiger partial charge in [0.1, 0.15) is 10.6 Å². The van der Waals surface area contributed by atoms with E-state index in [0.29, 0.717) is 10.6 Å². The molecule has 0 aromatic carbocycles. The van der Waals surface area contributed by atoms with E-state index in [-0.39, 0.29) is 5.97 Å². The summed E-state index contributed by atoms with van der Waals surface area (Å²) < 4.78 is 4.82. The molecule has 0 saturated heterocycles. The Hall–Kier alpha value is -1.43. The molecule has 2 rings (SSSR count). The first kappa shape index (κ1) is 13.0. The first-order valence-corrected chi connectivity index (χ1v) is 6.77. The van der Waals surface area contributed by atoms with E-state index in [9.17, 15) is 4.79 Å². The number of hydrogen-bond donors (Lipinski definition) is 0. The lowest BCUT2D eigenvalue weighted by Gasteiger charge is -2.10. The Morgan fingerprint density at radius 2 is 2.06 bits per heavy atom. The summed E-state index contributed by atoms with van der Waals surface area (Å²) in [7, 11) is 5.01. The molecule has 0 atom stereocenters. The molecule has 0 radical (unpaired) electrons. The van der Waals surface area contributed by atoms with Crippen molar-refractivity contribution in [3.05, 3.63) is 15.3 Å². The molecule has 18 heavy (non-hydrogen) atoms. The minimum Gasteiger partial charge on any atom is -0.465 e. The summed E-state index contributed by atoms with van der Waals surface area (Å²) in [4.78, 5) is 13.6. The van der Waals surface area contributed by atoms with Crippen molar-refractivity contribution in [2.24, 2.45) is 10.3 Å². The van der Waals surface area contributed by atoms with Gasteiger partial charge in [0.2, 0.25) is 0 Å². The van der Waals surface area contributed by atoms with Gasteiger partial charge in [0.15, 0.2) is 0 Å². The minimum atomic E-state index is -0.317. The van der Waals surface area contributed by atoms with Crippen LogP contribution in [0.5, 0.6) is 0 Å². The Labute approximate surface area is 110 Å². The zero-order valence-corrected chi connectivity index (χ0v) is 11.7. The van der Waals surface area contributed by atoms with Crippen LogP contribution in [0, 0.1) is 0 Å². The monoisotopic (exact) mass is 267 g/mol. The van der Waals surface area contributed by atoms with Crippen LogP contribution in [-0.4, -0.2) is 32.2 Å². The molecule has 1 aromatic rings. The van der Waals surface area contributed by atoms with Gasteiger partial charge < -0.3 is 4.74 Å². The maximum Gasteiger partial charge on any atom is 0.350 e. The number of ether oxygens (including phenoxy) is 1. The van der Waals surface area contributed by atoms with E-state index < -0.39 is 0 Å². The molecule has 0 saturated carbocycles. The first-order valence-electron chi connectivity index (χ1n) is 5.95. The highest BCUT2D eigenvalue weighted by molar-refractivity contribution is 7.14. The zero-order valence-electron chi connectivity index (χ0n) is 10.9. The van der Waals surface area contributed by atoms with Gasteiger partial charge in [-0.15, -0.1) is 16.5 Å². The predicted molar refractivity (Wildman–Crippen MR) is 70.5 cm³/mol. The fourth-order valence-corrected chi connectivity index (χ4v) is 3.26. The van der Waals surface area contributed by atoms with Gasteiger partial charge in [0.25, 0.3) is 0 Å². The SMILES string of the molecule is COC(=O)c1sc2c(c1N=NN(C)C)CCCC2. The van der Waals surface area contributed by atoms with Crippen LogP contribution in [0.15, 0.2) is 10.3 Å². The smallest absolute Gasteiger partial charge is 0.350 e. The molecule has 0 amide bonds. The van der Waals surface area contributed by atoms with Gasteiger partial charge >= 0.3 is 5.97 Å². The lowest BCUT2D eigenvalue weighted by atomic mass is 9.98. The van der Waals surface area contributed by atoms with Crippen LogP contribution in [0.25, 0.3) is 0 Å². The molecule has 6 heteroatoms. The van der Waals surface area contributed by atoms with E-state index >= 15 is 0 Å². The van der Waals surface area contributed by atoms with Crippen molar-refractivity contribution >= 4 is 23.0 Å². The Bertz CT molecular complexity index is 480.